The molecule has 1 atom stereocenters. The average Bonchev–Trinajstić information content (AvgIpc) is 3.14. The number of hydrogen-bond donors (Lipinski definition) is 0. The summed E-state index contributed by atoms with van der Waals surface area (Å²) in [6.45, 7) is 1.89. The molecule has 0 bridgehead atoms. The lowest BCUT2D eigenvalue weighted by atomic mass is 9.98. The van der Waals surface area contributed by atoms with E-state index in [0.717, 1.165) is 29.4 Å². The maximum Gasteiger partial charge on any atom is 0.297 e. The number of para-hydroxylation sites is 1. The zero-order valence-corrected chi connectivity index (χ0v) is 17.4. The quantitative estimate of drug-likeness (QED) is 0.513. The Bertz CT molecular complexity index is 1210. The maximum absolute atomic E-state index is 13.6. The van der Waals surface area contributed by atoms with E-state index in [1.165, 1.54) is 12.1 Å². The lowest BCUT2D eigenvalue weighted by molar-refractivity contribution is 0.235. The first-order chi connectivity index (χ1) is 13.8. The van der Waals surface area contributed by atoms with Crippen molar-refractivity contribution in [2.75, 3.05) is 7.11 Å². The minimum atomic E-state index is -3.88. The van der Waals surface area contributed by atoms with Gasteiger partial charge in [0.05, 0.1) is 12.1 Å². The molecule has 0 saturated heterocycles. The smallest absolute Gasteiger partial charge is 0.297 e. The van der Waals surface area contributed by atoms with E-state index < -0.39 is 22.0 Å². The molecular weight excluding hydrogens is 415 g/mol. The van der Waals surface area contributed by atoms with Crippen LogP contribution in [0.5, 0.6) is 5.75 Å². The van der Waals surface area contributed by atoms with Crippen molar-refractivity contribution in [1.82, 2.24) is 0 Å². The molecule has 4 nitrogen and oxygen atoms in total. The van der Waals surface area contributed by atoms with E-state index in [1.807, 2.05) is 25.1 Å². The molecule has 0 amide bonds. The highest BCUT2D eigenvalue weighted by atomic mass is 35.5. The van der Waals surface area contributed by atoms with Crippen molar-refractivity contribution in [3.63, 3.8) is 0 Å². The van der Waals surface area contributed by atoms with Crippen LogP contribution >= 0.6 is 11.6 Å². The van der Waals surface area contributed by atoms with E-state index >= 15 is 0 Å². The van der Waals surface area contributed by atoms with Crippen molar-refractivity contribution in [2.24, 2.45) is 0 Å². The number of aryl methyl sites for hydroxylation is 1. The zero-order valence-electron chi connectivity index (χ0n) is 15.8. The molecule has 0 fully saturated rings. The third-order valence-electron chi connectivity index (χ3n) is 4.99. The van der Waals surface area contributed by atoms with Crippen molar-refractivity contribution >= 4 is 21.7 Å². The largest absolute Gasteiger partial charge is 0.484 e. The van der Waals surface area contributed by atoms with Gasteiger partial charge in [0.1, 0.15) is 22.6 Å². The Morgan fingerprint density at radius 2 is 1.93 bits per heavy atom. The van der Waals surface area contributed by atoms with Gasteiger partial charge in [0.2, 0.25) is 0 Å². The fourth-order valence-electron chi connectivity index (χ4n) is 3.57. The second kappa shape index (κ2) is 7.44. The van der Waals surface area contributed by atoms with Gasteiger partial charge in [-0.15, -0.1) is 0 Å². The summed E-state index contributed by atoms with van der Waals surface area (Å²) in [4.78, 5) is 0.0924. The molecule has 1 unspecified atom stereocenters. The van der Waals surface area contributed by atoms with Crippen LogP contribution in [0.1, 0.15) is 22.8 Å². The van der Waals surface area contributed by atoms with Gasteiger partial charge in [-0.2, -0.15) is 8.42 Å². The number of hydrogen-bond acceptors (Lipinski definition) is 4. The summed E-state index contributed by atoms with van der Waals surface area (Å²) in [5, 5.41) is 0.0295. The van der Waals surface area contributed by atoms with Crippen LogP contribution in [0.25, 0.3) is 11.1 Å². The monoisotopic (exact) mass is 432 g/mol. The Hall–Kier alpha value is -2.41. The Morgan fingerprint density at radius 1 is 1.14 bits per heavy atom. The Balaban J connectivity index is 1.78. The molecule has 150 valence electrons. The molecule has 0 N–H and O–H groups in total. The molecule has 3 aromatic rings. The van der Waals surface area contributed by atoms with Crippen LogP contribution in [0.4, 0.5) is 4.39 Å². The van der Waals surface area contributed by atoms with Crippen molar-refractivity contribution in [1.29, 1.82) is 0 Å². The van der Waals surface area contributed by atoms with E-state index in [1.54, 1.807) is 24.3 Å². The molecule has 0 spiro atoms. The first-order valence-electron chi connectivity index (χ1n) is 8.95. The predicted molar refractivity (Wildman–Crippen MR) is 109 cm³/mol. The van der Waals surface area contributed by atoms with Gasteiger partial charge in [-0.1, -0.05) is 53.6 Å². The van der Waals surface area contributed by atoms with E-state index in [4.69, 9.17) is 20.5 Å². The van der Waals surface area contributed by atoms with Gasteiger partial charge < -0.3 is 4.74 Å². The molecule has 3 aromatic carbocycles. The Labute approximate surface area is 174 Å². The minimum absolute atomic E-state index is 0.0295. The van der Waals surface area contributed by atoms with Crippen LogP contribution in [0.15, 0.2) is 59.5 Å². The third-order valence-corrected chi connectivity index (χ3v) is 6.63. The maximum atomic E-state index is 13.6. The lowest BCUT2D eigenvalue weighted by Gasteiger charge is -2.17. The predicted octanol–water partition coefficient (Wildman–Crippen LogP) is 5.47. The SMILES string of the molecule is COS(=O)(=O)c1ccc(C)cc1C1Cc2cccc(-c3ccc(F)c(Cl)c3)c2O1. The summed E-state index contributed by atoms with van der Waals surface area (Å²) >= 11 is 5.95. The molecule has 29 heavy (non-hydrogen) atoms. The van der Waals surface area contributed by atoms with E-state index in [2.05, 4.69) is 0 Å². The van der Waals surface area contributed by atoms with Crippen LogP contribution in [0.3, 0.4) is 0 Å². The highest BCUT2D eigenvalue weighted by Gasteiger charge is 2.31. The standard InChI is InChI=1S/C22H18ClFO4S/c1-13-6-9-21(29(25,26)27-2)17(10-13)20-12-15-4-3-5-16(22(15)28-20)14-7-8-19(24)18(23)11-14/h3-11,20H,12H2,1-2H3. The van der Waals surface area contributed by atoms with Crippen molar-refractivity contribution in [3.8, 4) is 16.9 Å². The summed E-state index contributed by atoms with van der Waals surface area (Å²) < 4.78 is 49.3. The fourth-order valence-corrected chi connectivity index (χ4v) is 4.64. The number of halogens is 2. The van der Waals surface area contributed by atoms with Crippen LogP contribution in [-0.2, 0) is 20.7 Å². The molecule has 0 radical (unpaired) electrons. The van der Waals surface area contributed by atoms with Crippen LogP contribution in [0, 0.1) is 12.7 Å². The summed E-state index contributed by atoms with van der Waals surface area (Å²) in [7, 11) is -2.74. The molecular formula is C22H18ClFO4S. The molecule has 0 aromatic heterocycles. The zero-order chi connectivity index (χ0) is 20.8. The molecule has 1 heterocycles. The highest BCUT2D eigenvalue weighted by Crippen LogP contribution is 2.45. The van der Waals surface area contributed by atoms with Gasteiger partial charge in [0.15, 0.2) is 0 Å². The van der Waals surface area contributed by atoms with E-state index in [9.17, 15) is 12.8 Å². The van der Waals surface area contributed by atoms with Crippen LogP contribution in [-0.4, -0.2) is 15.5 Å². The minimum Gasteiger partial charge on any atom is -0.484 e. The van der Waals surface area contributed by atoms with Gasteiger partial charge in [-0.3, -0.25) is 4.18 Å². The number of ether oxygens (including phenoxy) is 1. The molecule has 0 aliphatic carbocycles. The van der Waals surface area contributed by atoms with Gasteiger partial charge in [-0.05, 0) is 36.2 Å². The second-order valence-electron chi connectivity index (χ2n) is 6.90. The number of rotatable bonds is 4. The van der Waals surface area contributed by atoms with E-state index in [0.29, 0.717) is 17.7 Å². The molecule has 7 heteroatoms. The topological polar surface area (TPSA) is 52.6 Å². The normalized spacial score (nSPS) is 15.8. The molecule has 1 aliphatic heterocycles. The van der Waals surface area contributed by atoms with Crippen molar-refractivity contribution in [2.45, 2.75) is 24.3 Å². The van der Waals surface area contributed by atoms with Gasteiger partial charge in [0.25, 0.3) is 10.1 Å². The Morgan fingerprint density at radius 3 is 2.66 bits per heavy atom. The van der Waals surface area contributed by atoms with Gasteiger partial charge >= 0.3 is 0 Å². The van der Waals surface area contributed by atoms with E-state index in [-0.39, 0.29) is 9.92 Å². The molecule has 0 saturated carbocycles. The third kappa shape index (κ3) is 3.64. The Kier molecular flexibility index (Phi) is 5.11. The summed E-state index contributed by atoms with van der Waals surface area (Å²) in [5.41, 5.74) is 3.90. The fraction of sp³-hybridized carbons (Fsp3) is 0.182. The first-order valence-corrected chi connectivity index (χ1v) is 10.7. The lowest BCUT2D eigenvalue weighted by Crippen LogP contribution is -2.12. The van der Waals surface area contributed by atoms with Crippen LogP contribution < -0.4 is 4.74 Å². The number of benzene rings is 3. The highest BCUT2D eigenvalue weighted by molar-refractivity contribution is 7.86. The average molecular weight is 433 g/mol. The van der Waals surface area contributed by atoms with Gasteiger partial charge in [0, 0.05) is 17.5 Å². The number of fused-ring (bicyclic) bond motifs is 1. The summed E-state index contributed by atoms with van der Waals surface area (Å²) in [6.07, 6.45) is 0.0234. The first kappa shape index (κ1) is 19.9. The second-order valence-corrected chi connectivity index (χ2v) is 8.98. The van der Waals surface area contributed by atoms with Crippen LogP contribution in [0.2, 0.25) is 5.02 Å². The van der Waals surface area contributed by atoms with Gasteiger partial charge in [-0.25, -0.2) is 4.39 Å². The summed E-state index contributed by atoms with van der Waals surface area (Å²) in [5.74, 6) is 0.151. The molecule has 1 aliphatic rings. The van der Waals surface area contributed by atoms with Crippen molar-refractivity contribution < 1.29 is 21.7 Å². The van der Waals surface area contributed by atoms with Crippen molar-refractivity contribution in [3.05, 3.63) is 82.1 Å². The summed E-state index contributed by atoms with van der Waals surface area (Å²) in [6, 6.07) is 15.3. The molecule has 4 rings (SSSR count).